The van der Waals surface area contributed by atoms with Gasteiger partial charge in [-0.3, -0.25) is 9.59 Å². The molecule has 0 aliphatic carbocycles. The van der Waals surface area contributed by atoms with E-state index in [1.54, 1.807) is 0 Å². The topological polar surface area (TPSA) is 96.3 Å². The maximum Gasteiger partial charge on any atom is 0.573 e. The molecule has 2 aromatic heterocycles. The molecule has 3 rings (SSSR count). The van der Waals surface area contributed by atoms with Gasteiger partial charge in [0.15, 0.2) is 11.0 Å². The fraction of sp³-hybridized carbons (Fsp3) is 0.143. The summed E-state index contributed by atoms with van der Waals surface area (Å²) in [6.45, 7) is 0. The van der Waals surface area contributed by atoms with Crippen LogP contribution >= 0.6 is 0 Å². The molecule has 0 saturated heterocycles. The number of benzene rings is 1. The van der Waals surface area contributed by atoms with Crippen LogP contribution in [-0.2, 0) is 7.05 Å². The first-order chi connectivity index (χ1) is 11.7. The van der Waals surface area contributed by atoms with E-state index in [9.17, 15) is 27.6 Å². The molecule has 8 nitrogen and oxygen atoms in total. The predicted molar refractivity (Wildman–Crippen MR) is 77.8 cm³/mol. The van der Waals surface area contributed by atoms with Crippen LogP contribution in [0.3, 0.4) is 0 Å². The Balaban J connectivity index is 2.19. The van der Waals surface area contributed by atoms with Crippen molar-refractivity contribution in [3.63, 3.8) is 0 Å². The SMILES string of the molecule is Cn1ncc2oc(=O)n(-c3ccc(OC(F)(F)F)cc3)c(=O)c2c1=O. The molecular formula is C14H8F3N3O5. The van der Waals surface area contributed by atoms with Crippen molar-refractivity contribution in [1.29, 1.82) is 0 Å². The largest absolute Gasteiger partial charge is 0.573 e. The Morgan fingerprint density at radius 2 is 1.72 bits per heavy atom. The molecule has 0 radical (unpaired) electrons. The third-order valence-corrected chi connectivity index (χ3v) is 3.23. The molecule has 0 aliphatic rings. The third-order valence-electron chi connectivity index (χ3n) is 3.23. The van der Waals surface area contributed by atoms with Crippen molar-refractivity contribution >= 4 is 11.0 Å². The number of aryl methyl sites for hydroxylation is 1. The first-order valence-corrected chi connectivity index (χ1v) is 6.66. The number of hydrogen-bond acceptors (Lipinski definition) is 6. The molecule has 2 heterocycles. The van der Waals surface area contributed by atoms with Gasteiger partial charge in [-0.25, -0.2) is 14.0 Å². The van der Waals surface area contributed by atoms with Crippen LogP contribution in [0.2, 0.25) is 0 Å². The summed E-state index contributed by atoms with van der Waals surface area (Å²) in [4.78, 5) is 36.5. The van der Waals surface area contributed by atoms with Crippen LogP contribution in [0.1, 0.15) is 0 Å². The van der Waals surface area contributed by atoms with Gasteiger partial charge in [0.05, 0.1) is 11.9 Å². The molecule has 25 heavy (non-hydrogen) atoms. The number of halogens is 3. The lowest BCUT2D eigenvalue weighted by atomic mass is 10.3. The van der Waals surface area contributed by atoms with Crippen LogP contribution in [-0.4, -0.2) is 20.7 Å². The second-order valence-corrected chi connectivity index (χ2v) is 4.86. The van der Waals surface area contributed by atoms with Gasteiger partial charge in [-0.05, 0) is 24.3 Å². The first-order valence-electron chi connectivity index (χ1n) is 6.66. The Kier molecular flexibility index (Phi) is 3.70. The van der Waals surface area contributed by atoms with Crippen molar-refractivity contribution in [2.24, 2.45) is 7.05 Å². The predicted octanol–water partition coefficient (Wildman–Crippen LogP) is 0.936. The smallest absolute Gasteiger partial charge is 0.407 e. The molecule has 0 saturated carbocycles. The van der Waals surface area contributed by atoms with E-state index in [4.69, 9.17) is 4.42 Å². The third kappa shape index (κ3) is 3.03. The lowest BCUT2D eigenvalue weighted by Gasteiger charge is -2.10. The molecule has 0 amide bonds. The van der Waals surface area contributed by atoms with Gasteiger partial charge in [0.1, 0.15) is 5.75 Å². The van der Waals surface area contributed by atoms with E-state index >= 15 is 0 Å². The zero-order valence-corrected chi connectivity index (χ0v) is 12.4. The minimum Gasteiger partial charge on any atom is -0.407 e. The van der Waals surface area contributed by atoms with Gasteiger partial charge in [-0.2, -0.15) is 5.10 Å². The summed E-state index contributed by atoms with van der Waals surface area (Å²) in [6.07, 6.45) is -3.83. The molecule has 0 bridgehead atoms. The highest BCUT2D eigenvalue weighted by Gasteiger charge is 2.31. The Hall–Kier alpha value is -3.37. The van der Waals surface area contributed by atoms with E-state index in [0.717, 1.165) is 35.1 Å². The molecule has 0 atom stereocenters. The van der Waals surface area contributed by atoms with E-state index < -0.39 is 34.4 Å². The van der Waals surface area contributed by atoms with Crippen molar-refractivity contribution < 1.29 is 22.3 Å². The van der Waals surface area contributed by atoms with Crippen molar-refractivity contribution in [3.8, 4) is 11.4 Å². The van der Waals surface area contributed by atoms with Crippen LogP contribution in [0.5, 0.6) is 5.75 Å². The van der Waals surface area contributed by atoms with E-state index in [1.165, 1.54) is 7.05 Å². The monoisotopic (exact) mass is 355 g/mol. The van der Waals surface area contributed by atoms with Gasteiger partial charge < -0.3 is 9.15 Å². The average molecular weight is 355 g/mol. The van der Waals surface area contributed by atoms with Gasteiger partial charge in [-0.15, -0.1) is 13.2 Å². The number of ether oxygens (including phenoxy) is 1. The molecule has 0 unspecified atom stereocenters. The maximum atomic E-state index is 12.5. The van der Waals surface area contributed by atoms with Crippen LogP contribution in [0.4, 0.5) is 13.2 Å². The summed E-state index contributed by atoms with van der Waals surface area (Å²) >= 11 is 0. The standard InChI is InChI=1S/C14H8F3N3O5/c1-19-11(21)10-9(6-18-19)24-13(23)20(12(10)22)7-2-4-8(5-3-7)25-14(15,16)17/h2-6H,1H3. The van der Waals surface area contributed by atoms with Gasteiger partial charge in [-0.1, -0.05) is 0 Å². The van der Waals surface area contributed by atoms with Crippen molar-refractivity contribution in [1.82, 2.24) is 14.3 Å². The van der Waals surface area contributed by atoms with Gasteiger partial charge in [0, 0.05) is 7.05 Å². The Morgan fingerprint density at radius 1 is 1.08 bits per heavy atom. The molecule has 3 aromatic rings. The second kappa shape index (κ2) is 5.61. The summed E-state index contributed by atoms with van der Waals surface area (Å²) < 4.78 is 46.5. The number of alkyl halides is 3. The van der Waals surface area contributed by atoms with Crippen LogP contribution < -0.4 is 21.6 Å². The highest BCUT2D eigenvalue weighted by Crippen LogP contribution is 2.23. The lowest BCUT2D eigenvalue weighted by Crippen LogP contribution is -2.35. The quantitative estimate of drug-likeness (QED) is 0.679. The van der Waals surface area contributed by atoms with E-state index in [2.05, 4.69) is 9.84 Å². The summed E-state index contributed by atoms with van der Waals surface area (Å²) in [7, 11) is 1.31. The molecule has 1 aromatic carbocycles. The Bertz CT molecular complexity index is 1130. The molecular weight excluding hydrogens is 347 g/mol. The van der Waals surface area contributed by atoms with Gasteiger partial charge in [0.25, 0.3) is 11.1 Å². The first kappa shape index (κ1) is 16.5. The van der Waals surface area contributed by atoms with E-state index in [0.29, 0.717) is 4.57 Å². The Morgan fingerprint density at radius 3 is 2.32 bits per heavy atom. The highest BCUT2D eigenvalue weighted by atomic mass is 19.4. The van der Waals surface area contributed by atoms with Gasteiger partial charge in [0.2, 0.25) is 0 Å². The minimum atomic E-state index is -4.88. The number of aromatic nitrogens is 3. The molecule has 130 valence electrons. The van der Waals surface area contributed by atoms with Crippen molar-refractivity contribution in [2.75, 3.05) is 0 Å². The second-order valence-electron chi connectivity index (χ2n) is 4.86. The molecule has 0 N–H and O–H groups in total. The van der Waals surface area contributed by atoms with Crippen molar-refractivity contribution in [2.45, 2.75) is 6.36 Å². The fourth-order valence-electron chi connectivity index (χ4n) is 2.15. The molecule has 0 aliphatic heterocycles. The zero-order valence-electron chi connectivity index (χ0n) is 12.4. The van der Waals surface area contributed by atoms with E-state index in [1.807, 2.05) is 0 Å². The molecule has 0 fully saturated rings. The summed E-state index contributed by atoms with van der Waals surface area (Å²) in [5.74, 6) is -1.65. The molecule has 0 spiro atoms. The number of hydrogen-bond donors (Lipinski definition) is 0. The van der Waals surface area contributed by atoms with Crippen LogP contribution in [0.15, 0.2) is 49.3 Å². The normalized spacial score (nSPS) is 11.7. The van der Waals surface area contributed by atoms with Crippen LogP contribution in [0.25, 0.3) is 16.7 Å². The molecule has 11 heteroatoms. The van der Waals surface area contributed by atoms with E-state index in [-0.39, 0.29) is 11.3 Å². The summed E-state index contributed by atoms with van der Waals surface area (Å²) in [6, 6.07) is 3.95. The minimum absolute atomic E-state index is 0.0889. The average Bonchev–Trinajstić information content (AvgIpc) is 2.51. The maximum absolute atomic E-state index is 12.5. The summed E-state index contributed by atoms with van der Waals surface area (Å²) in [5.41, 5.74) is -2.13. The van der Waals surface area contributed by atoms with Crippen LogP contribution in [0, 0.1) is 0 Å². The Labute approximate surface area is 135 Å². The summed E-state index contributed by atoms with van der Waals surface area (Å²) in [5, 5.41) is 3.23. The number of fused-ring (bicyclic) bond motifs is 1. The number of rotatable bonds is 2. The fourth-order valence-corrected chi connectivity index (χ4v) is 2.15. The number of nitrogens with zero attached hydrogens (tertiary/aromatic N) is 3. The van der Waals surface area contributed by atoms with Crippen molar-refractivity contribution in [3.05, 3.63) is 61.7 Å². The van der Waals surface area contributed by atoms with Gasteiger partial charge >= 0.3 is 12.1 Å². The highest BCUT2D eigenvalue weighted by molar-refractivity contribution is 5.73. The lowest BCUT2D eigenvalue weighted by molar-refractivity contribution is -0.274. The zero-order chi connectivity index (χ0) is 18.4.